The number of hydrogen-bond acceptors (Lipinski definition) is 4. The van der Waals surface area contributed by atoms with Gasteiger partial charge in [0.05, 0.1) is 29.0 Å². The summed E-state index contributed by atoms with van der Waals surface area (Å²) in [5, 5.41) is 6.04. The van der Waals surface area contributed by atoms with Crippen LogP contribution in [0.25, 0.3) is 11.0 Å². The summed E-state index contributed by atoms with van der Waals surface area (Å²) in [7, 11) is 1.47. The molecule has 0 fully saturated rings. The van der Waals surface area contributed by atoms with Crippen molar-refractivity contribution in [2.75, 3.05) is 19.0 Å². The molecule has 2 amide bonds. The van der Waals surface area contributed by atoms with Crippen LogP contribution in [-0.2, 0) is 28.9 Å². The van der Waals surface area contributed by atoms with Crippen molar-refractivity contribution in [3.8, 4) is 0 Å². The van der Waals surface area contributed by atoms with E-state index < -0.39 is 0 Å². The summed E-state index contributed by atoms with van der Waals surface area (Å²) in [6.07, 6.45) is 4.39. The number of nitrogens with zero attached hydrogens (tertiary/aromatic N) is 2. The minimum absolute atomic E-state index is 0.0406. The van der Waals surface area contributed by atoms with E-state index in [4.69, 9.17) is 4.74 Å². The number of carbonyl (C=O) groups excluding carboxylic acids is 2. The minimum Gasteiger partial charge on any atom is -0.375 e. The number of anilines is 1. The normalized spacial score (nSPS) is 14.6. The Labute approximate surface area is 204 Å². The van der Waals surface area contributed by atoms with Crippen LogP contribution in [0.5, 0.6) is 0 Å². The highest BCUT2D eigenvalue weighted by atomic mass is 16.5. The average Bonchev–Trinajstić information content (AvgIpc) is 3.47. The number of hydrogen-bond donors (Lipinski definition) is 2. The van der Waals surface area contributed by atoms with Crippen LogP contribution in [0.3, 0.4) is 0 Å². The Bertz CT molecular complexity index is 1360. The SMILES string of the molecule is COCC(=O)Nc1cc(C(=O)N[C@@H]2CCc3ccccc32)c2c(c1)ncn2CCc1ccccc1. The third kappa shape index (κ3) is 4.95. The van der Waals surface area contributed by atoms with Crippen LogP contribution in [0.1, 0.15) is 39.5 Å². The molecule has 1 aliphatic carbocycles. The topological polar surface area (TPSA) is 85.2 Å². The molecule has 0 unspecified atom stereocenters. The van der Waals surface area contributed by atoms with Crippen molar-refractivity contribution in [3.63, 3.8) is 0 Å². The Balaban J connectivity index is 1.47. The minimum atomic E-state index is -0.286. The summed E-state index contributed by atoms with van der Waals surface area (Å²) in [6, 6.07) is 21.9. The monoisotopic (exact) mass is 468 g/mol. The molecular formula is C28H28N4O3. The van der Waals surface area contributed by atoms with Crippen LogP contribution in [0.15, 0.2) is 73.1 Å². The van der Waals surface area contributed by atoms with E-state index in [0.29, 0.717) is 23.3 Å². The molecule has 0 aliphatic heterocycles. The van der Waals surface area contributed by atoms with Crippen molar-refractivity contribution in [2.24, 2.45) is 0 Å². The molecule has 0 spiro atoms. The van der Waals surface area contributed by atoms with E-state index in [2.05, 4.69) is 39.9 Å². The highest BCUT2D eigenvalue weighted by Crippen LogP contribution is 2.32. The highest BCUT2D eigenvalue weighted by molar-refractivity contribution is 6.07. The summed E-state index contributed by atoms with van der Waals surface area (Å²) >= 11 is 0. The molecule has 0 bridgehead atoms. The third-order valence-corrected chi connectivity index (χ3v) is 6.44. The second-order valence-corrected chi connectivity index (χ2v) is 8.81. The fraction of sp³-hybridized carbons (Fsp3) is 0.250. The first-order chi connectivity index (χ1) is 17.1. The van der Waals surface area contributed by atoms with Crippen LogP contribution in [0.2, 0.25) is 0 Å². The lowest BCUT2D eigenvalue weighted by Gasteiger charge is -2.16. The Hall–Kier alpha value is -3.97. The molecule has 0 saturated carbocycles. The summed E-state index contributed by atoms with van der Waals surface area (Å²) < 4.78 is 6.94. The van der Waals surface area contributed by atoms with Crippen molar-refractivity contribution in [1.29, 1.82) is 0 Å². The first-order valence-electron chi connectivity index (χ1n) is 11.8. The molecule has 1 aromatic heterocycles. The lowest BCUT2D eigenvalue weighted by molar-refractivity contribution is -0.119. The van der Waals surface area contributed by atoms with Gasteiger partial charge in [-0.25, -0.2) is 4.98 Å². The van der Waals surface area contributed by atoms with Gasteiger partial charge in [0, 0.05) is 19.3 Å². The van der Waals surface area contributed by atoms with Crippen molar-refractivity contribution < 1.29 is 14.3 Å². The molecule has 1 atom stereocenters. The number of amides is 2. The van der Waals surface area contributed by atoms with Crippen molar-refractivity contribution >= 4 is 28.5 Å². The number of imidazole rings is 1. The predicted molar refractivity (Wildman–Crippen MR) is 135 cm³/mol. The fourth-order valence-corrected chi connectivity index (χ4v) is 4.79. The molecule has 0 saturated heterocycles. The largest absolute Gasteiger partial charge is 0.375 e. The number of rotatable bonds is 8. The number of ether oxygens (including phenoxy) is 1. The molecule has 35 heavy (non-hydrogen) atoms. The van der Waals surface area contributed by atoms with Gasteiger partial charge in [0.2, 0.25) is 5.91 Å². The number of aryl methyl sites for hydroxylation is 3. The lowest BCUT2D eigenvalue weighted by atomic mass is 10.1. The van der Waals surface area contributed by atoms with Crippen LogP contribution < -0.4 is 10.6 Å². The number of aromatic nitrogens is 2. The van der Waals surface area contributed by atoms with Gasteiger partial charge in [-0.3, -0.25) is 9.59 Å². The van der Waals surface area contributed by atoms with Gasteiger partial charge in [0.15, 0.2) is 0 Å². The second-order valence-electron chi connectivity index (χ2n) is 8.81. The number of fused-ring (bicyclic) bond motifs is 2. The second kappa shape index (κ2) is 10.1. The van der Waals surface area contributed by atoms with E-state index >= 15 is 0 Å². The summed E-state index contributed by atoms with van der Waals surface area (Å²) in [4.78, 5) is 30.3. The van der Waals surface area contributed by atoms with Gasteiger partial charge in [-0.1, -0.05) is 54.6 Å². The standard InChI is InChI=1S/C28H28N4O3/c1-35-17-26(33)30-21-15-23(28(34)31-24-12-11-20-9-5-6-10-22(20)24)27-25(16-21)29-18-32(27)14-13-19-7-3-2-4-8-19/h2-10,15-16,18,24H,11-14,17H2,1H3,(H,30,33)(H,31,34)/t24-/m1/s1. The van der Waals surface area contributed by atoms with E-state index in [1.54, 1.807) is 18.5 Å². The maximum Gasteiger partial charge on any atom is 0.254 e. The molecule has 7 heteroatoms. The van der Waals surface area contributed by atoms with E-state index in [9.17, 15) is 9.59 Å². The van der Waals surface area contributed by atoms with Crippen molar-refractivity contribution in [2.45, 2.75) is 31.8 Å². The molecule has 1 aliphatic rings. The zero-order chi connectivity index (χ0) is 24.2. The molecule has 2 N–H and O–H groups in total. The van der Waals surface area contributed by atoms with Crippen LogP contribution in [0.4, 0.5) is 5.69 Å². The van der Waals surface area contributed by atoms with Gasteiger partial charge in [-0.05, 0) is 48.1 Å². The van der Waals surface area contributed by atoms with Crippen LogP contribution >= 0.6 is 0 Å². The first-order valence-corrected chi connectivity index (χ1v) is 11.8. The van der Waals surface area contributed by atoms with Crippen molar-refractivity contribution in [1.82, 2.24) is 14.9 Å². The van der Waals surface area contributed by atoms with E-state index in [1.807, 2.05) is 34.9 Å². The predicted octanol–water partition coefficient (Wildman–Crippen LogP) is 4.28. The highest BCUT2D eigenvalue weighted by Gasteiger charge is 2.25. The number of nitrogens with one attached hydrogen (secondary N) is 2. The van der Waals surface area contributed by atoms with Crippen LogP contribution in [-0.4, -0.2) is 35.1 Å². The van der Waals surface area contributed by atoms with Gasteiger partial charge in [0.25, 0.3) is 5.91 Å². The average molecular weight is 469 g/mol. The quantitative estimate of drug-likeness (QED) is 0.404. The van der Waals surface area contributed by atoms with Crippen molar-refractivity contribution in [3.05, 3.63) is 95.3 Å². The number of benzene rings is 3. The number of carbonyl (C=O) groups is 2. The van der Waals surface area contributed by atoms with Crippen LogP contribution in [0, 0.1) is 0 Å². The maximum absolute atomic E-state index is 13.6. The molecule has 1 heterocycles. The van der Waals surface area contributed by atoms with Gasteiger partial charge >= 0.3 is 0 Å². The lowest BCUT2D eigenvalue weighted by Crippen LogP contribution is -2.28. The fourth-order valence-electron chi connectivity index (χ4n) is 4.79. The smallest absolute Gasteiger partial charge is 0.254 e. The molecule has 7 nitrogen and oxygen atoms in total. The summed E-state index contributed by atoms with van der Waals surface area (Å²) in [5.74, 6) is -0.465. The zero-order valence-corrected chi connectivity index (χ0v) is 19.7. The summed E-state index contributed by atoms with van der Waals surface area (Å²) in [6.45, 7) is 0.617. The molecule has 5 rings (SSSR count). The Morgan fingerprint density at radius 2 is 1.89 bits per heavy atom. The molecule has 178 valence electrons. The molecule has 0 radical (unpaired) electrons. The Kier molecular flexibility index (Phi) is 6.59. The van der Waals surface area contributed by atoms with Gasteiger partial charge in [-0.15, -0.1) is 0 Å². The third-order valence-electron chi connectivity index (χ3n) is 6.44. The van der Waals surface area contributed by atoms with E-state index in [1.165, 1.54) is 23.8 Å². The van der Waals surface area contributed by atoms with E-state index in [-0.39, 0.29) is 24.5 Å². The first kappa shape index (κ1) is 22.8. The Morgan fingerprint density at radius 1 is 1.09 bits per heavy atom. The van der Waals surface area contributed by atoms with Gasteiger partial charge < -0.3 is 19.9 Å². The Morgan fingerprint density at radius 3 is 2.71 bits per heavy atom. The molecular weight excluding hydrogens is 440 g/mol. The molecule has 3 aromatic carbocycles. The maximum atomic E-state index is 13.6. The molecule has 4 aromatic rings. The van der Waals surface area contributed by atoms with Gasteiger partial charge in [-0.2, -0.15) is 0 Å². The summed E-state index contributed by atoms with van der Waals surface area (Å²) in [5.41, 5.74) is 6.08. The number of methoxy groups -OCH3 is 1. The van der Waals surface area contributed by atoms with Gasteiger partial charge in [0.1, 0.15) is 6.61 Å². The zero-order valence-electron chi connectivity index (χ0n) is 19.7. The van der Waals surface area contributed by atoms with E-state index in [0.717, 1.165) is 24.8 Å².